The van der Waals surface area contributed by atoms with Crippen molar-refractivity contribution in [3.8, 4) is 0 Å². The van der Waals surface area contributed by atoms with Gasteiger partial charge in [0.15, 0.2) is 0 Å². The Morgan fingerprint density at radius 2 is 1.84 bits per heavy atom. The van der Waals surface area contributed by atoms with E-state index in [2.05, 4.69) is 43.3 Å². The monoisotopic (exact) mass is 381 g/mol. The van der Waals surface area contributed by atoms with Crippen LogP contribution in [0.2, 0.25) is 0 Å². The summed E-state index contributed by atoms with van der Waals surface area (Å²) in [6.45, 7) is 11.4. The zero-order valence-electron chi connectivity index (χ0n) is 16.0. The maximum atomic E-state index is 12.0. The molecular weight excluding hydrogens is 347 g/mol. The van der Waals surface area contributed by atoms with E-state index >= 15 is 0 Å². The van der Waals surface area contributed by atoms with Gasteiger partial charge in [-0.15, -0.1) is 0 Å². The molecule has 0 aromatic heterocycles. The van der Waals surface area contributed by atoms with E-state index in [9.17, 15) is 13.2 Å². The van der Waals surface area contributed by atoms with Gasteiger partial charge in [0, 0.05) is 0 Å². The van der Waals surface area contributed by atoms with Crippen molar-refractivity contribution in [2.45, 2.75) is 66.0 Å². The van der Waals surface area contributed by atoms with Gasteiger partial charge in [0.1, 0.15) is 6.67 Å². The van der Waals surface area contributed by atoms with Gasteiger partial charge in [-0.3, -0.25) is 4.99 Å². The predicted molar refractivity (Wildman–Crippen MR) is 106 cm³/mol. The van der Waals surface area contributed by atoms with Crippen molar-refractivity contribution in [1.29, 1.82) is 0 Å². The highest BCUT2D eigenvalue weighted by molar-refractivity contribution is 8.15. The molecule has 7 heteroatoms. The van der Waals surface area contributed by atoms with Gasteiger partial charge in [-0.1, -0.05) is 64.8 Å². The van der Waals surface area contributed by atoms with Crippen LogP contribution in [0.3, 0.4) is 0 Å². The van der Waals surface area contributed by atoms with Crippen LogP contribution in [-0.2, 0) is 0 Å². The summed E-state index contributed by atoms with van der Waals surface area (Å²) >= 11 is 0.996. The lowest BCUT2D eigenvalue weighted by atomic mass is 10.3. The van der Waals surface area contributed by atoms with Gasteiger partial charge < -0.3 is 10.6 Å². The zero-order valence-corrected chi connectivity index (χ0v) is 16.8. The zero-order chi connectivity index (χ0) is 19.4. The molecule has 2 N–H and O–H groups in total. The molecule has 0 unspecified atom stereocenters. The van der Waals surface area contributed by atoms with E-state index in [0.717, 1.165) is 18.3 Å². The number of hydrogen-bond acceptors (Lipinski definition) is 4. The fraction of sp³-hybridized carbons (Fsp3) is 0.722. The maximum Gasteiger partial charge on any atom is 0.393 e. The Morgan fingerprint density at radius 3 is 2.36 bits per heavy atom. The van der Waals surface area contributed by atoms with Crippen molar-refractivity contribution in [1.82, 2.24) is 10.6 Å². The number of rotatable bonds is 6. The Balaban J connectivity index is 0. The van der Waals surface area contributed by atoms with E-state index in [0.29, 0.717) is 6.67 Å². The van der Waals surface area contributed by atoms with Gasteiger partial charge in [0.05, 0.1) is 12.0 Å². The van der Waals surface area contributed by atoms with Crippen molar-refractivity contribution in [2.75, 3.05) is 19.8 Å². The van der Waals surface area contributed by atoms with E-state index in [4.69, 9.17) is 0 Å². The fourth-order valence-corrected chi connectivity index (χ4v) is 1.98. The summed E-state index contributed by atoms with van der Waals surface area (Å²) in [5.41, 5.74) is 1.41. The molecule has 0 aliphatic carbocycles. The summed E-state index contributed by atoms with van der Waals surface area (Å²) in [5.74, 6) is 0. The molecule has 148 valence electrons. The SMILES string of the molecule is CCCC.CCCCNCC.FC(F)(F)C/C1=C/C=C/NC/N=C/S1. The van der Waals surface area contributed by atoms with Crippen molar-refractivity contribution in [3.05, 3.63) is 23.3 Å². The Morgan fingerprint density at radius 1 is 1.16 bits per heavy atom. The van der Waals surface area contributed by atoms with E-state index in [-0.39, 0.29) is 4.91 Å². The summed E-state index contributed by atoms with van der Waals surface area (Å²) in [4.78, 5) is 4.08. The van der Waals surface area contributed by atoms with Gasteiger partial charge in [0.2, 0.25) is 0 Å². The molecule has 0 bridgehead atoms. The minimum absolute atomic E-state index is 0.237. The highest BCUT2D eigenvalue weighted by atomic mass is 32.2. The third-order valence-electron chi connectivity index (χ3n) is 2.79. The van der Waals surface area contributed by atoms with E-state index in [1.54, 1.807) is 12.3 Å². The molecular formula is C18H34F3N3S. The summed E-state index contributed by atoms with van der Waals surface area (Å²) < 4.78 is 36.1. The molecule has 0 saturated heterocycles. The summed E-state index contributed by atoms with van der Waals surface area (Å²) in [5, 5.41) is 6.04. The summed E-state index contributed by atoms with van der Waals surface area (Å²) in [6, 6.07) is 0. The molecule has 0 aromatic rings. The van der Waals surface area contributed by atoms with Crippen LogP contribution < -0.4 is 10.6 Å². The number of alkyl halides is 3. The highest BCUT2D eigenvalue weighted by Gasteiger charge is 2.28. The predicted octanol–water partition coefficient (Wildman–Crippen LogP) is 5.86. The first kappa shape index (κ1) is 26.3. The molecule has 1 aliphatic heterocycles. The molecule has 0 radical (unpaired) electrons. The topological polar surface area (TPSA) is 36.4 Å². The molecule has 1 rings (SSSR count). The normalized spacial score (nSPS) is 18.4. The number of unbranched alkanes of at least 4 members (excludes halogenated alkanes) is 2. The van der Waals surface area contributed by atoms with Gasteiger partial charge in [-0.2, -0.15) is 13.2 Å². The number of allylic oxidation sites excluding steroid dienone is 3. The molecule has 0 aromatic carbocycles. The lowest BCUT2D eigenvalue weighted by molar-refractivity contribution is -0.125. The molecule has 25 heavy (non-hydrogen) atoms. The second kappa shape index (κ2) is 19.4. The van der Waals surface area contributed by atoms with Gasteiger partial charge in [0.25, 0.3) is 0 Å². The molecule has 0 saturated carbocycles. The Kier molecular flexibility index (Phi) is 20.4. The van der Waals surface area contributed by atoms with Gasteiger partial charge in [-0.05, 0) is 36.7 Å². The van der Waals surface area contributed by atoms with E-state index < -0.39 is 12.6 Å². The number of nitrogens with one attached hydrogen (secondary N) is 2. The van der Waals surface area contributed by atoms with Crippen molar-refractivity contribution >= 4 is 17.3 Å². The second-order valence-electron chi connectivity index (χ2n) is 5.26. The first-order chi connectivity index (χ1) is 11.9. The van der Waals surface area contributed by atoms with Crippen molar-refractivity contribution < 1.29 is 13.2 Å². The number of nitrogens with zero attached hydrogens (tertiary/aromatic N) is 1. The Hall–Kier alpha value is -0.950. The quantitative estimate of drug-likeness (QED) is 0.566. The lowest BCUT2D eigenvalue weighted by Gasteiger charge is -2.06. The van der Waals surface area contributed by atoms with Crippen LogP contribution in [0, 0.1) is 0 Å². The highest BCUT2D eigenvalue weighted by Crippen LogP contribution is 2.30. The average molecular weight is 382 g/mol. The minimum atomic E-state index is -4.16. The second-order valence-corrected chi connectivity index (χ2v) is 6.23. The Bertz CT molecular complexity index is 361. The first-order valence-electron chi connectivity index (χ1n) is 8.92. The average Bonchev–Trinajstić information content (AvgIpc) is 2.69. The van der Waals surface area contributed by atoms with E-state index in [1.807, 2.05) is 0 Å². The number of hydrogen-bond donors (Lipinski definition) is 2. The van der Waals surface area contributed by atoms with Crippen LogP contribution >= 0.6 is 11.8 Å². The molecule has 0 fully saturated rings. The van der Waals surface area contributed by atoms with Gasteiger partial charge in [-0.25, -0.2) is 0 Å². The fourth-order valence-electron chi connectivity index (χ4n) is 1.29. The lowest BCUT2D eigenvalue weighted by Crippen LogP contribution is -2.13. The molecule has 0 atom stereocenters. The van der Waals surface area contributed by atoms with Crippen LogP contribution in [0.4, 0.5) is 13.2 Å². The van der Waals surface area contributed by atoms with Crippen LogP contribution in [0.5, 0.6) is 0 Å². The maximum absolute atomic E-state index is 12.0. The van der Waals surface area contributed by atoms with Crippen LogP contribution in [0.25, 0.3) is 0 Å². The van der Waals surface area contributed by atoms with Gasteiger partial charge >= 0.3 is 6.18 Å². The first-order valence-corrected chi connectivity index (χ1v) is 9.80. The largest absolute Gasteiger partial charge is 0.393 e. The smallest absolute Gasteiger partial charge is 0.372 e. The molecule has 3 nitrogen and oxygen atoms in total. The van der Waals surface area contributed by atoms with Crippen molar-refractivity contribution in [2.24, 2.45) is 4.99 Å². The number of thioether (sulfide) groups is 1. The third kappa shape index (κ3) is 25.4. The summed E-state index contributed by atoms with van der Waals surface area (Å²) in [7, 11) is 0. The number of halogens is 3. The minimum Gasteiger partial charge on any atom is -0.372 e. The van der Waals surface area contributed by atoms with E-state index in [1.165, 1.54) is 43.9 Å². The molecule has 0 spiro atoms. The molecule has 1 aliphatic rings. The van der Waals surface area contributed by atoms with Crippen LogP contribution in [0.1, 0.15) is 59.8 Å². The Labute approximate surface area is 155 Å². The molecule has 0 amide bonds. The standard InChI is InChI=1S/C8H9F3N2S.C6H15N.C4H10/c9-8(10,11)4-7-2-1-3-12-5-13-6-14-7;1-3-5-6-7-4-2;1-3-4-2/h1-3,6,12H,4-5H2;7H,3-6H2,1-2H3;3-4H2,1-2H3/b3-1+,7-2-,13-6+;;. The van der Waals surface area contributed by atoms with Crippen LogP contribution in [-0.4, -0.2) is 31.5 Å². The molecule has 1 heterocycles. The third-order valence-corrected chi connectivity index (χ3v) is 3.63. The summed E-state index contributed by atoms with van der Waals surface area (Å²) in [6.07, 6.45) is 4.72. The van der Waals surface area contributed by atoms with Crippen molar-refractivity contribution in [3.63, 3.8) is 0 Å². The number of aliphatic imine (C=N–C) groups is 1. The van der Waals surface area contributed by atoms with Crippen LogP contribution in [0.15, 0.2) is 28.2 Å².